The molecule has 2 aromatic rings. The molecule has 1 fully saturated rings. The molecule has 3 heterocycles. The fourth-order valence-corrected chi connectivity index (χ4v) is 5.30. The smallest absolute Gasteiger partial charge is 0.261 e. The zero-order valence-corrected chi connectivity index (χ0v) is 20.8. The number of likely N-dealkylation sites (tertiary alicyclic amines) is 1. The number of benzene rings is 2. The van der Waals surface area contributed by atoms with Crippen LogP contribution in [0.5, 0.6) is 17.2 Å². The number of carbonyl (C=O) groups is 4. The fourth-order valence-electron chi connectivity index (χ4n) is 5.30. The van der Waals surface area contributed by atoms with Crippen LogP contribution >= 0.6 is 0 Å². The lowest BCUT2D eigenvalue weighted by Crippen LogP contribution is -2.52. The third kappa shape index (κ3) is 3.61. The maximum Gasteiger partial charge on any atom is 0.261 e. The van der Waals surface area contributed by atoms with Gasteiger partial charge in [0.2, 0.25) is 5.75 Å². The van der Waals surface area contributed by atoms with E-state index in [-0.39, 0.29) is 41.5 Å². The van der Waals surface area contributed by atoms with Gasteiger partial charge in [0, 0.05) is 37.5 Å². The van der Waals surface area contributed by atoms with Gasteiger partial charge in [-0.25, -0.2) is 0 Å². The van der Waals surface area contributed by atoms with E-state index in [1.54, 1.807) is 43.0 Å². The van der Waals surface area contributed by atoms with Crippen LogP contribution in [0.15, 0.2) is 30.3 Å². The van der Waals surface area contributed by atoms with Crippen molar-refractivity contribution in [3.8, 4) is 17.2 Å². The molecule has 5 rings (SSSR count). The quantitative estimate of drug-likeness (QED) is 0.603. The normalized spacial score (nSPS) is 18.3. The number of imide groups is 1. The molecule has 0 aliphatic carbocycles. The Bertz CT molecular complexity index is 1290. The summed E-state index contributed by atoms with van der Waals surface area (Å²) in [4.78, 5) is 54.5. The molecule has 9 heteroatoms. The minimum atomic E-state index is -0.738. The molecular weight excluding hydrogens is 464 g/mol. The SMILES string of the molecule is COc1ccc2c(c1OC)OC1(CCN(C(=O)c3ccc4c(c3)C(=O)N(C(C)C)C4=O)CC1)CC2=O. The van der Waals surface area contributed by atoms with Gasteiger partial charge < -0.3 is 19.1 Å². The fraction of sp³-hybridized carbons (Fsp3) is 0.407. The monoisotopic (exact) mass is 492 g/mol. The molecule has 188 valence electrons. The summed E-state index contributed by atoms with van der Waals surface area (Å²) in [7, 11) is 3.03. The Kier molecular flexibility index (Phi) is 5.73. The summed E-state index contributed by atoms with van der Waals surface area (Å²) in [5.41, 5.74) is 0.656. The van der Waals surface area contributed by atoms with Gasteiger partial charge in [0.25, 0.3) is 17.7 Å². The number of hydrogen-bond acceptors (Lipinski definition) is 7. The Morgan fingerprint density at radius 3 is 2.25 bits per heavy atom. The van der Waals surface area contributed by atoms with Gasteiger partial charge in [-0.2, -0.15) is 0 Å². The standard InChI is InChI=1S/C27H28N2O7/c1-15(2)29-25(32)17-6-5-16(13-19(17)26(29)33)24(31)28-11-9-27(10-12-28)14-20(30)18-7-8-21(34-3)23(35-4)22(18)36-27/h5-8,13,15H,9-12,14H2,1-4H3. The van der Waals surface area contributed by atoms with E-state index in [0.717, 1.165) is 0 Å². The Hall–Kier alpha value is -3.88. The van der Waals surface area contributed by atoms with Crippen molar-refractivity contribution < 1.29 is 33.4 Å². The summed E-state index contributed by atoms with van der Waals surface area (Å²) in [5, 5.41) is 0. The first kappa shape index (κ1) is 23.8. The lowest BCUT2D eigenvalue weighted by atomic mass is 9.82. The number of methoxy groups -OCH3 is 2. The number of nitrogens with zero attached hydrogens (tertiary/aromatic N) is 2. The molecule has 0 bridgehead atoms. The van der Waals surface area contributed by atoms with Crippen molar-refractivity contribution in [2.24, 2.45) is 0 Å². The summed E-state index contributed by atoms with van der Waals surface area (Å²) >= 11 is 0. The molecule has 2 aromatic carbocycles. The first-order valence-electron chi connectivity index (χ1n) is 12.0. The first-order chi connectivity index (χ1) is 17.2. The average Bonchev–Trinajstić information content (AvgIpc) is 3.12. The van der Waals surface area contributed by atoms with Crippen LogP contribution < -0.4 is 14.2 Å². The zero-order valence-electron chi connectivity index (χ0n) is 20.8. The van der Waals surface area contributed by atoms with Gasteiger partial charge in [-0.15, -0.1) is 0 Å². The minimum Gasteiger partial charge on any atom is -0.493 e. The second-order valence-corrected chi connectivity index (χ2v) is 9.69. The van der Waals surface area contributed by atoms with Gasteiger partial charge in [-0.05, 0) is 44.2 Å². The predicted molar refractivity (Wildman–Crippen MR) is 129 cm³/mol. The molecule has 3 amide bonds. The van der Waals surface area contributed by atoms with Crippen LogP contribution in [0.25, 0.3) is 0 Å². The van der Waals surface area contributed by atoms with Gasteiger partial charge in [-0.1, -0.05) is 0 Å². The van der Waals surface area contributed by atoms with Crippen molar-refractivity contribution in [1.29, 1.82) is 0 Å². The Labute approximate surface area is 208 Å². The summed E-state index contributed by atoms with van der Waals surface area (Å²) in [6.07, 6.45) is 1.15. The van der Waals surface area contributed by atoms with Gasteiger partial charge in [0.05, 0.1) is 37.3 Å². The number of piperidine rings is 1. The lowest BCUT2D eigenvalue weighted by Gasteiger charge is -2.44. The summed E-state index contributed by atoms with van der Waals surface area (Å²) in [6, 6.07) is 7.76. The van der Waals surface area contributed by atoms with E-state index in [2.05, 4.69) is 0 Å². The van der Waals surface area contributed by atoms with Crippen molar-refractivity contribution in [3.05, 3.63) is 52.6 Å². The molecule has 3 aliphatic heterocycles. The maximum atomic E-state index is 13.3. The van der Waals surface area contributed by atoms with Gasteiger partial charge in [0.1, 0.15) is 5.60 Å². The van der Waals surface area contributed by atoms with Gasteiger partial charge in [-0.3, -0.25) is 24.1 Å². The van der Waals surface area contributed by atoms with E-state index in [1.165, 1.54) is 25.2 Å². The molecule has 0 saturated carbocycles. The zero-order chi connectivity index (χ0) is 25.8. The molecule has 0 aromatic heterocycles. The van der Waals surface area contributed by atoms with Gasteiger partial charge in [0.15, 0.2) is 17.3 Å². The van der Waals surface area contributed by atoms with E-state index in [1.807, 2.05) is 0 Å². The lowest BCUT2D eigenvalue weighted by molar-refractivity contribution is -0.00747. The summed E-state index contributed by atoms with van der Waals surface area (Å²) < 4.78 is 17.2. The highest BCUT2D eigenvalue weighted by Crippen LogP contribution is 2.48. The topological polar surface area (TPSA) is 102 Å². The van der Waals surface area contributed by atoms with Crippen LogP contribution in [0.4, 0.5) is 0 Å². The Balaban J connectivity index is 1.34. The summed E-state index contributed by atoms with van der Waals surface area (Å²) in [6.45, 7) is 4.32. The first-order valence-corrected chi connectivity index (χ1v) is 12.0. The van der Waals surface area contributed by atoms with Crippen molar-refractivity contribution in [3.63, 3.8) is 0 Å². The van der Waals surface area contributed by atoms with E-state index in [0.29, 0.717) is 59.9 Å². The van der Waals surface area contributed by atoms with Crippen LogP contribution in [-0.2, 0) is 0 Å². The number of carbonyl (C=O) groups excluding carboxylic acids is 4. The number of rotatable bonds is 4. The average molecular weight is 493 g/mol. The highest BCUT2D eigenvalue weighted by Gasteiger charge is 2.45. The molecule has 1 spiro atoms. The highest BCUT2D eigenvalue weighted by atomic mass is 16.5. The van der Waals surface area contributed by atoms with Crippen molar-refractivity contribution in [2.45, 2.75) is 44.8 Å². The van der Waals surface area contributed by atoms with E-state index in [4.69, 9.17) is 14.2 Å². The largest absolute Gasteiger partial charge is 0.493 e. The van der Waals surface area contributed by atoms with Crippen LogP contribution in [-0.4, -0.2) is 72.3 Å². The second-order valence-electron chi connectivity index (χ2n) is 9.69. The van der Waals surface area contributed by atoms with Crippen LogP contribution in [0.1, 0.15) is 74.5 Å². The molecule has 0 N–H and O–H groups in total. The van der Waals surface area contributed by atoms with Crippen LogP contribution in [0.2, 0.25) is 0 Å². The third-order valence-electron chi connectivity index (χ3n) is 7.24. The minimum absolute atomic E-state index is 0.0338. The number of fused-ring (bicyclic) bond motifs is 2. The number of amides is 3. The molecule has 3 aliphatic rings. The van der Waals surface area contributed by atoms with E-state index < -0.39 is 5.60 Å². The number of Topliss-reactive ketones (excluding diaryl/α,β-unsaturated/α-hetero) is 1. The van der Waals surface area contributed by atoms with E-state index in [9.17, 15) is 19.2 Å². The maximum absolute atomic E-state index is 13.3. The summed E-state index contributed by atoms with van der Waals surface area (Å²) in [5.74, 6) is 0.267. The van der Waals surface area contributed by atoms with Crippen molar-refractivity contribution in [1.82, 2.24) is 9.80 Å². The molecule has 0 unspecified atom stereocenters. The van der Waals surface area contributed by atoms with Crippen LogP contribution in [0.3, 0.4) is 0 Å². The number of hydrogen-bond donors (Lipinski definition) is 0. The van der Waals surface area contributed by atoms with Crippen molar-refractivity contribution >= 4 is 23.5 Å². The number of ketones is 1. The predicted octanol–water partition coefficient (Wildman–Crippen LogP) is 3.35. The molecule has 0 radical (unpaired) electrons. The molecule has 36 heavy (non-hydrogen) atoms. The molecule has 9 nitrogen and oxygen atoms in total. The Morgan fingerprint density at radius 2 is 1.61 bits per heavy atom. The Morgan fingerprint density at radius 1 is 0.944 bits per heavy atom. The van der Waals surface area contributed by atoms with Crippen molar-refractivity contribution in [2.75, 3.05) is 27.3 Å². The second kappa shape index (κ2) is 8.65. The molecule has 1 saturated heterocycles. The van der Waals surface area contributed by atoms with Gasteiger partial charge >= 0.3 is 0 Å². The van der Waals surface area contributed by atoms with E-state index >= 15 is 0 Å². The van der Waals surface area contributed by atoms with Crippen LogP contribution in [0, 0.1) is 0 Å². The third-order valence-corrected chi connectivity index (χ3v) is 7.24. The molecule has 0 atom stereocenters. The highest BCUT2D eigenvalue weighted by molar-refractivity contribution is 6.22. The molecular formula is C27H28N2O7. The number of ether oxygens (including phenoxy) is 3.